The van der Waals surface area contributed by atoms with Crippen LogP contribution in [0.4, 0.5) is 17.5 Å². The lowest BCUT2D eigenvalue weighted by molar-refractivity contribution is 0.631. The lowest BCUT2D eigenvalue weighted by Gasteiger charge is -2.21. The molecule has 3 N–H and O–H groups in total. The number of fused-ring (bicyclic) bond motifs is 2. The molecule has 0 fully saturated rings. The molecule has 0 spiro atoms. The van der Waals surface area contributed by atoms with E-state index < -0.39 is 0 Å². The van der Waals surface area contributed by atoms with E-state index in [0.29, 0.717) is 11.6 Å². The summed E-state index contributed by atoms with van der Waals surface area (Å²) < 4.78 is 1.19. The maximum Gasteiger partial charge on any atom is 0.231 e. The number of aromatic amines is 1. The summed E-state index contributed by atoms with van der Waals surface area (Å²) in [6.45, 7) is 6.27. The number of thiazole rings is 1. The SMILES string of the molecule is CC(C)(C)Nc1nc(Nc2ccc(-c3nc4ccccc4s3)cc2)nc2nc[nH]c12. The lowest BCUT2D eigenvalue weighted by Crippen LogP contribution is -2.27. The van der Waals surface area contributed by atoms with Crippen molar-refractivity contribution >= 4 is 50.2 Å². The molecule has 5 rings (SSSR count). The molecule has 3 heterocycles. The van der Waals surface area contributed by atoms with Crippen molar-refractivity contribution in [3.05, 3.63) is 54.9 Å². The zero-order chi connectivity index (χ0) is 20.7. The highest BCUT2D eigenvalue weighted by Crippen LogP contribution is 2.31. The summed E-state index contributed by atoms with van der Waals surface area (Å²) in [6, 6.07) is 16.3. The number of imidazole rings is 1. The minimum atomic E-state index is -0.136. The van der Waals surface area contributed by atoms with Gasteiger partial charge in [0.25, 0.3) is 0 Å². The Bertz CT molecular complexity index is 1300. The molecule has 7 nitrogen and oxygen atoms in total. The maximum atomic E-state index is 4.72. The van der Waals surface area contributed by atoms with E-state index >= 15 is 0 Å². The second kappa shape index (κ2) is 7.07. The normalized spacial score (nSPS) is 11.8. The Balaban J connectivity index is 1.42. The second-order valence-electron chi connectivity index (χ2n) is 8.06. The predicted molar refractivity (Wildman–Crippen MR) is 123 cm³/mol. The largest absolute Gasteiger partial charge is 0.364 e. The third-order valence-corrected chi connectivity index (χ3v) is 5.55. The van der Waals surface area contributed by atoms with Crippen LogP contribution in [0.1, 0.15) is 20.8 Å². The molecule has 0 unspecified atom stereocenters. The number of nitrogens with zero attached hydrogens (tertiary/aromatic N) is 4. The Hall–Kier alpha value is -3.52. The Morgan fingerprint density at radius 3 is 2.50 bits per heavy atom. The van der Waals surface area contributed by atoms with Gasteiger partial charge in [0.1, 0.15) is 10.5 Å². The topological polar surface area (TPSA) is 91.4 Å². The van der Waals surface area contributed by atoms with Crippen LogP contribution in [-0.2, 0) is 0 Å². The highest BCUT2D eigenvalue weighted by atomic mass is 32.1. The molecule has 0 aliphatic heterocycles. The predicted octanol–water partition coefficient (Wildman–Crippen LogP) is 5.58. The molecule has 2 aromatic carbocycles. The van der Waals surface area contributed by atoms with Crippen molar-refractivity contribution in [3.8, 4) is 10.6 Å². The van der Waals surface area contributed by atoms with Gasteiger partial charge in [-0.25, -0.2) is 9.97 Å². The summed E-state index contributed by atoms with van der Waals surface area (Å²) >= 11 is 1.69. The quantitative estimate of drug-likeness (QED) is 0.355. The van der Waals surface area contributed by atoms with E-state index in [2.05, 4.69) is 69.5 Å². The van der Waals surface area contributed by atoms with E-state index in [9.17, 15) is 0 Å². The molecule has 150 valence electrons. The van der Waals surface area contributed by atoms with Crippen LogP contribution in [0.3, 0.4) is 0 Å². The van der Waals surface area contributed by atoms with Crippen molar-refractivity contribution in [1.29, 1.82) is 0 Å². The van der Waals surface area contributed by atoms with Crippen molar-refractivity contribution in [2.45, 2.75) is 26.3 Å². The number of H-pyrrole nitrogens is 1. The zero-order valence-electron chi connectivity index (χ0n) is 16.9. The van der Waals surface area contributed by atoms with Gasteiger partial charge in [0.05, 0.1) is 16.5 Å². The first-order valence-electron chi connectivity index (χ1n) is 9.67. The fourth-order valence-corrected chi connectivity index (χ4v) is 4.13. The fraction of sp³-hybridized carbons (Fsp3) is 0.182. The summed E-state index contributed by atoms with van der Waals surface area (Å²) in [6.07, 6.45) is 1.63. The van der Waals surface area contributed by atoms with E-state index in [1.807, 2.05) is 30.3 Å². The van der Waals surface area contributed by atoms with E-state index in [1.165, 1.54) is 4.70 Å². The molecule has 0 saturated heterocycles. The molecule has 30 heavy (non-hydrogen) atoms. The van der Waals surface area contributed by atoms with E-state index in [1.54, 1.807) is 17.7 Å². The van der Waals surface area contributed by atoms with Gasteiger partial charge in [-0.1, -0.05) is 12.1 Å². The van der Waals surface area contributed by atoms with Crippen LogP contribution in [0, 0.1) is 0 Å². The van der Waals surface area contributed by atoms with Gasteiger partial charge in [-0.15, -0.1) is 11.3 Å². The van der Waals surface area contributed by atoms with Gasteiger partial charge in [0.15, 0.2) is 11.5 Å². The number of para-hydroxylation sites is 1. The first-order chi connectivity index (χ1) is 14.4. The monoisotopic (exact) mass is 415 g/mol. The number of aromatic nitrogens is 5. The van der Waals surface area contributed by atoms with Crippen LogP contribution in [-0.4, -0.2) is 30.5 Å². The van der Waals surface area contributed by atoms with Crippen LogP contribution >= 0.6 is 11.3 Å². The molecule has 5 aromatic rings. The van der Waals surface area contributed by atoms with Gasteiger partial charge in [0.2, 0.25) is 5.95 Å². The Kier molecular flexibility index (Phi) is 4.36. The molecule has 0 aliphatic rings. The van der Waals surface area contributed by atoms with Gasteiger partial charge in [0, 0.05) is 16.8 Å². The first-order valence-corrected chi connectivity index (χ1v) is 10.5. The van der Waals surface area contributed by atoms with Gasteiger partial charge in [-0.2, -0.15) is 9.97 Å². The molecule has 0 radical (unpaired) electrons. The summed E-state index contributed by atoms with van der Waals surface area (Å²) in [4.78, 5) is 21.3. The van der Waals surface area contributed by atoms with Crippen LogP contribution < -0.4 is 10.6 Å². The first kappa shape index (κ1) is 18.5. The zero-order valence-corrected chi connectivity index (χ0v) is 17.7. The summed E-state index contributed by atoms with van der Waals surface area (Å²) in [5.41, 5.74) is 4.28. The van der Waals surface area contributed by atoms with Crippen LogP contribution in [0.25, 0.3) is 32.0 Å². The summed E-state index contributed by atoms with van der Waals surface area (Å²) in [5, 5.41) is 7.70. The number of hydrogen-bond donors (Lipinski definition) is 3. The molecule has 3 aromatic heterocycles. The standard InChI is InChI=1S/C22H21N7S/c1-22(2,3)29-19-17-18(24-12-23-17)27-21(28-19)25-14-10-8-13(9-11-14)20-26-15-6-4-5-7-16(15)30-20/h4-12H,1-3H3,(H3,23,24,25,27,28,29). The molecule has 8 heteroatoms. The average Bonchev–Trinajstić information content (AvgIpc) is 3.34. The number of hydrogen-bond acceptors (Lipinski definition) is 7. The Morgan fingerprint density at radius 2 is 1.73 bits per heavy atom. The smallest absolute Gasteiger partial charge is 0.231 e. The fourth-order valence-electron chi connectivity index (χ4n) is 3.16. The summed E-state index contributed by atoms with van der Waals surface area (Å²) in [5.74, 6) is 1.22. The number of nitrogens with one attached hydrogen (secondary N) is 3. The van der Waals surface area contributed by atoms with Gasteiger partial charge in [-0.05, 0) is 57.2 Å². The molecule has 0 atom stereocenters. The molecule has 0 bridgehead atoms. The maximum absolute atomic E-state index is 4.72. The Labute approximate surface area is 177 Å². The Morgan fingerprint density at radius 1 is 0.933 bits per heavy atom. The van der Waals surface area contributed by atoms with Crippen molar-refractivity contribution in [3.63, 3.8) is 0 Å². The lowest BCUT2D eigenvalue weighted by atomic mass is 10.1. The van der Waals surface area contributed by atoms with E-state index in [0.717, 1.165) is 33.1 Å². The van der Waals surface area contributed by atoms with Gasteiger partial charge >= 0.3 is 0 Å². The average molecular weight is 416 g/mol. The highest BCUT2D eigenvalue weighted by Gasteiger charge is 2.16. The summed E-state index contributed by atoms with van der Waals surface area (Å²) in [7, 11) is 0. The molecule has 0 amide bonds. The molecule has 0 saturated carbocycles. The number of anilines is 3. The number of rotatable bonds is 4. The van der Waals surface area contributed by atoms with Gasteiger partial charge in [-0.3, -0.25) is 0 Å². The van der Waals surface area contributed by atoms with Crippen molar-refractivity contribution < 1.29 is 0 Å². The molecule has 0 aliphatic carbocycles. The van der Waals surface area contributed by atoms with Gasteiger partial charge < -0.3 is 15.6 Å². The second-order valence-corrected chi connectivity index (χ2v) is 9.09. The van der Waals surface area contributed by atoms with E-state index in [-0.39, 0.29) is 5.54 Å². The van der Waals surface area contributed by atoms with Crippen molar-refractivity contribution in [1.82, 2.24) is 24.9 Å². The minimum Gasteiger partial charge on any atom is -0.364 e. The molecular weight excluding hydrogens is 394 g/mol. The third-order valence-electron chi connectivity index (χ3n) is 4.46. The van der Waals surface area contributed by atoms with Crippen LogP contribution in [0.5, 0.6) is 0 Å². The molecular formula is C22H21N7S. The van der Waals surface area contributed by atoms with Crippen LogP contribution in [0.15, 0.2) is 54.9 Å². The van der Waals surface area contributed by atoms with Crippen molar-refractivity contribution in [2.75, 3.05) is 10.6 Å². The van der Waals surface area contributed by atoms with Crippen molar-refractivity contribution in [2.24, 2.45) is 0 Å². The highest BCUT2D eigenvalue weighted by molar-refractivity contribution is 7.21. The van der Waals surface area contributed by atoms with Crippen LogP contribution in [0.2, 0.25) is 0 Å². The minimum absolute atomic E-state index is 0.136. The van der Waals surface area contributed by atoms with E-state index in [4.69, 9.17) is 4.98 Å². The number of benzene rings is 2. The third kappa shape index (κ3) is 3.69.